The van der Waals surface area contributed by atoms with Gasteiger partial charge in [0.15, 0.2) is 15.6 Å². The smallest absolute Gasteiger partial charge is 0.418 e. The fourth-order valence-electron chi connectivity index (χ4n) is 3.03. The van der Waals surface area contributed by atoms with Gasteiger partial charge in [-0.1, -0.05) is 13.8 Å². The molecule has 0 fully saturated rings. The minimum Gasteiger partial charge on any atom is -0.462 e. The zero-order valence-corrected chi connectivity index (χ0v) is 14.9. The van der Waals surface area contributed by atoms with Gasteiger partial charge in [-0.15, -0.1) is 0 Å². The molecule has 0 aromatic heterocycles. The van der Waals surface area contributed by atoms with Gasteiger partial charge in [0.1, 0.15) is 0 Å². The van der Waals surface area contributed by atoms with E-state index >= 15 is 0 Å². The summed E-state index contributed by atoms with van der Waals surface area (Å²) in [6.45, 7) is 5.05. The first kappa shape index (κ1) is 19.4. The van der Waals surface area contributed by atoms with Crippen molar-refractivity contribution in [2.24, 2.45) is 5.41 Å². The summed E-state index contributed by atoms with van der Waals surface area (Å²) in [4.78, 5) is 24.0. The predicted octanol–water partition coefficient (Wildman–Crippen LogP) is 3.19. The molecule has 25 heavy (non-hydrogen) atoms. The second-order valence-electron chi connectivity index (χ2n) is 6.51. The van der Waals surface area contributed by atoms with Gasteiger partial charge in [0, 0.05) is 5.41 Å². The number of hydrogen-bond acceptors (Lipinski definition) is 5. The van der Waals surface area contributed by atoms with Crippen LogP contribution in [0.5, 0.6) is 0 Å². The molecule has 0 aliphatic carbocycles. The van der Waals surface area contributed by atoms with Gasteiger partial charge in [0.25, 0.3) is 0 Å². The zero-order valence-electron chi connectivity index (χ0n) is 14.1. The molecule has 0 N–H and O–H groups in total. The molecule has 1 aliphatic heterocycles. The number of ether oxygens (including phenoxy) is 1. The Morgan fingerprint density at radius 1 is 1.32 bits per heavy atom. The molecule has 1 aromatic carbocycles. The van der Waals surface area contributed by atoms with E-state index in [0.717, 1.165) is 6.07 Å². The van der Waals surface area contributed by atoms with E-state index in [0.29, 0.717) is 0 Å². The number of hydrogen-bond donors (Lipinski definition) is 0. The summed E-state index contributed by atoms with van der Waals surface area (Å²) in [7, 11) is -4.12. The largest absolute Gasteiger partial charge is 0.462 e. The molecule has 2 rings (SSSR count). The number of sulfone groups is 1. The molecule has 5 nitrogen and oxygen atoms in total. The molecular formula is C16H17F3O5S. The summed E-state index contributed by atoms with van der Waals surface area (Å²) in [6, 6.07) is 0.822. The number of fused-ring (bicyclic) bond motifs is 1. The third kappa shape index (κ3) is 3.17. The van der Waals surface area contributed by atoms with Crippen molar-refractivity contribution < 1.29 is 35.9 Å². The second-order valence-corrected chi connectivity index (χ2v) is 8.44. The number of carbonyl (C=O) groups excluding carboxylic acids is 2. The van der Waals surface area contributed by atoms with Crippen molar-refractivity contribution in [1.82, 2.24) is 0 Å². The number of rotatable bonds is 2. The average Bonchev–Trinajstić information content (AvgIpc) is 2.41. The summed E-state index contributed by atoms with van der Waals surface area (Å²) >= 11 is 0. The van der Waals surface area contributed by atoms with Crippen molar-refractivity contribution in [1.29, 1.82) is 0 Å². The topological polar surface area (TPSA) is 77.5 Å². The van der Waals surface area contributed by atoms with Gasteiger partial charge < -0.3 is 4.74 Å². The fraction of sp³-hybridized carbons (Fsp3) is 0.500. The molecule has 1 aromatic rings. The maximum Gasteiger partial charge on any atom is 0.418 e. The van der Waals surface area contributed by atoms with E-state index in [2.05, 4.69) is 4.74 Å². The molecule has 0 saturated carbocycles. The van der Waals surface area contributed by atoms with Crippen LogP contribution < -0.4 is 0 Å². The maximum absolute atomic E-state index is 13.7. The standard InChI is InChI=1S/C16H17F3O5S/c1-5-24-14(21)9-6-8(2)12-10(11(9)16(17,18)19)13(20)15(3,4)7-25(12,22)23/h6H,5,7H2,1-4H3. The van der Waals surface area contributed by atoms with Crippen LogP contribution in [0, 0.1) is 12.3 Å². The highest BCUT2D eigenvalue weighted by Gasteiger charge is 2.50. The van der Waals surface area contributed by atoms with Crippen molar-refractivity contribution in [3.8, 4) is 0 Å². The van der Waals surface area contributed by atoms with Gasteiger partial charge >= 0.3 is 12.1 Å². The minimum absolute atomic E-state index is 0.0881. The van der Waals surface area contributed by atoms with Crippen LogP contribution in [0.15, 0.2) is 11.0 Å². The third-order valence-electron chi connectivity index (χ3n) is 3.95. The number of alkyl halides is 3. The number of esters is 1. The van der Waals surface area contributed by atoms with E-state index in [-0.39, 0.29) is 12.2 Å². The first-order valence-electron chi connectivity index (χ1n) is 7.43. The molecule has 0 saturated heterocycles. The third-order valence-corrected chi connectivity index (χ3v) is 6.20. The molecule has 0 unspecified atom stereocenters. The Balaban J connectivity index is 3.03. The first-order valence-corrected chi connectivity index (χ1v) is 9.08. The lowest BCUT2D eigenvalue weighted by molar-refractivity contribution is -0.138. The number of carbonyl (C=O) groups is 2. The highest BCUT2D eigenvalue weighted by molar-refractivity contribution is 7.91. The molecule has 0 radical (unpaired) electrons. The second kappa shape index (κ2) is 5.82. The van der Waals surface area contributed by atoms with Gasteiger partial charge in [-0.05, 0) is 25.5 Å². The monoisotopic (exact) mass is 378 g/mol. The van der Waals surface area contributed by atoms with Crippen molar-refractivity contribution in [2.75, 3.05) is 12.4 Å². The van der Waals surface area contributed by atoms with E-state index in [1.165, 1.54) is 27.7 Å². The van der Waals surface area contributed by atoms with Crippen LogP contribution in [-0.4, -0.2) is 32.5 Å². The van der Waals surface area contributed by atoms with E-state index < -0.39 is 60.5 Å². The summed E-state index contributed by atoms with van der Waals surface area (Å²) in [5.74, 6) is -2.81. The van der Waals surface area contributed by atoms with Crippen molar-refractivity contribution in [2.45, 2.75) is 38.8 Å². The molecule has 9 heteroatoms. The summed E-state index contributed by atoms with van der Waals surface area (Å²) in [5, 5.41) is 0. The van der Waals surface area contributed by atoms with Crippen molar-refractivity contribution in [3.63, 3.8) is 0 Å². The van der Waals surface area contributed by atoms with Gasteiger partial charge in [0.2, 0.25) is 0 Å². The van der Waals surface area contributed by atoms with Gasteiger partial charge in [0.05, 0.1) is 33.9 Å². The van der Waals surface area contributed by atoms with Crippen LogP contribution in [0.1, 0.15) is 52.6 Å². The van der Waals surface area contributed by atoms with Crippen LogP contribution in [0.25, 0.3) is 0 Å². The molecule has 138 valence electrons. The SMILES string of the molecule is CCOC(=O)c1cc(C)c2c(c1C(F)(F)F)C(=O)C(C)(C)CS2(=O)=O. The Hall–Kier alpha value is -1.90. The maximum atomic E-state index is 13.7. The number of Topliss-reactive ketones (excluding diaryl/α,β-unsaturated/α-hetero) is 1. The minimum atomic E-state index is -5.10. The molecule has 0 atom stereocenters. The number of aryl methyl sites for hydroxylation is 1. The first-order chi connectivity index (χ1) is 11.2. The van der Waals surface area contributed by atoms with Crippen LogP contribution >= 0.6 is 0 Å². The van der Waals surface area contributed by atoms with Gasteiger partial charge in [-0.2, -0.15) is 13.2 Å². The van der Waals surface area contributed by atoms with E-state index in [4.69, 9.17) is 0 Å². The van der Waals surface area contributed by atoms with Crippen LogP contribution in [0.4, 0.5) is 13.2 Å². The van der Waals surface area contributed by atoms with Crippen molar-refractivity contribution >= 4 is 21.6 Å². The Labute approximate surface area is 143 Å². The Bertz CT molecular complexity index is 867. The van der Waals surface area contributed by atoms with Crippen molar-refractivity contribution in [3.05, 3.63) is 28.3 Å². The van der Waals surface area contributed by atoms with Gasteiger partial charge in [-0.25, -0.2) is 13.2 Å². The number of ketones is 1. The van der Waals surface area contributed by atoms with Crippen LogP contribution in [0.3, 0.4) is 0 Å². The molecule has 0 amide bonds. The zero-order chi connectivity index (χ0) is 19.4. The fourth-order valence-corrected chi connectivity index (χ4v) is 5.31. The van der Waals surface area contributed by atoms with E-state index in [1.807, 2.05) is 0 Å². The molecule has 0 bridgehead atoms. The lowest BCUT2D eigenvalue weighted by Crippen LogP contribution is -2.41. The molecule has 1 aliphatic rings. The van der Waals surface area contributed by atoms with E-state index in [1.54, 1.807) is 0 Å². The highest BCUT2D eigenvalue weighted by Crippen LogP contribution is 2.45. The van der Waals surface area contributed by atoms with Crippen LogP contribution in [0.2, 0.25) is 0 Å². The molecule has 1 heterocycles. The van der Waals surface area contributed by atoms with Gasteiger partial charge in [-0.3, -0.25) is 4.79 Å². The van der Waals surface area contributed by atoms with E-state index in [9.17, 15) is 31.2 Å². The lowest BCUT2D eigenvalue weighted by Gasteiger charge is -2.32. The summed E-state index contributed by atoms with van der Waals surface area (Å²) in [5.41, 5.74) is -4.99. The summed E-state index contributed by atoms with van der Waals surface area (Å²) < 4.78 is 70.7. The normalized spacial score (nSPS) is 18.6. The van der Waals surface area contributed by atoms with Crippen LogP contribution in [-0.2, 0) is 20.8 Å². The highest BCUT2D eigenvalue weighted by atomic mass is 32.2. The Kier molecular flexibility index (Phi) is 4.53. The molecule has 0 spiro atoms. The average molecular weight is 378 g/mol. The lowest BCUT2D eigenvalue weighted by atomic mass is 9.81. The Morgan fingerprint density at radius 3 is 2.36 bits per heavy atom. The number of benzene rings is 1. The number of halogens is 3. The predicted molar refractivity (Wildman–Crippen MR) is 82.3 cm³/mol. The molecular weight excluding hydrogens is 361 g/mol. The Morgan fingerprint density at radius 2 is 1.88 bits per heavy atom. The quantitative estimate of drug-likeness (QED) is 0.739. The summed E-state index contributed by atoms with van der Waals surface area (Å²) in [6.07, 6.45) is -5.10.